The zero-order valence-electron chi connectivity index (χ0n) is 16.9. The number of hydrogen-bond donors (Lipinski definition) is 2. The van der Waals surface area contributed by atoms with Crippen molar-refractivity contribution >= 4 is 28.7 Å². The lowest BCUT2D eigenvalue weighted by molar-refractivity contribution is -0.119. The van der Waals surface area contributed by atoms with E-state index in [9.17, 15) is 9.59 Å². The Kier molecular flexibility index (Phi) is 5.93. The van der Waals surface area contributed by atoms with Gasteiger partial charge in [0.25, 0.3) is 5.56 Å². The largest absolute Gasteiger partial charge is 0.353 e. The number of aryl methyl sites for hydroxylation is 2. The molecule has 148 valence electrons. The molecule has 0 fully saturated rings. The summed E-state index contributed by atoms with van der Waals surface area (Å²) in [7, 11) is 0. The highest BCUT2D eigenvalue weighted by molar-refractivity contribution is 7.99. The highest BCUT2D eigenvalue weighted by atomic mass is 32.2. The van der Waals surface area contributed by atoms with Crippen LogP contribution in [0.1, 0.15) is 49.7 Å². The van der Waals surface area contributed by atoms with Gasteiger partial charge in [0.05, 0.1) is 17.3 Å². The summed E-state index contributed by atoms with van der Waals surface area (Å²) in [5.41, 5.74) is 4.17. The number of nitrogens with one attached hydrogen (secondary N) is 2. The molecule has 0 unspecified atom stereocenters. The molecule has 0 aliphatic rings. The van der Waals surface area contributed by atoms with Crippen molar-refractivity contribution in [2.75, 3.05) is 5.75 Å². The quantitative estimate of drug-likeness (QED) is 0.488. The third kappa shape index (κ3) is 4.30. The van der Waals surface area contributed by atoms with Crippen LogP contribution in [0.5, 0.6) is 0 Å². The second-order valence-electron chi connectivity index (χ2n) is 7.36. The smallest absolute Gasteiger partial charge is 0.278 e. The van der Waals surface area contributed by atoms with Gasteiger partial charge in [0.2, 0.25) is 5.91 Å². The molecule has 0 spiro atoms. The number of carbonyl (C=O) groups excluding carboxylic acids is 1. The number of benzene rings is 1. The summed E-state index contributed by atoms with van der Waals surface area (Å²) in [6.07, 6.45) is 0. The van der Waals surface area contributed by atoms with Crippen LogP contribution in [0.3, 0.4) is 0 Å². The van der Waals surface area contributed by atoms with Gasteiger partial charge in [-0.3, -0.25) is 14.2 Å². The SMILES string of the molecule is Cc1ccc([C@@H](C)NC(=O)CSc2nc3cc(C)[nH]c3c(=O)n2C(C)C)cc1. The summed E-state index contributed by atoms with van der Waals surface area (Å²) < 4.78 is 1.64. The van der Waals surface area contributed by atoms with E-state index >= 15 is 0 Å². The molecule has 0 bridgehead atoms. The van der Waals surface area contributed by atoms with E-state index in [2.05, 4.69) is 15.3 Å². The molecule has 1 atom stereocenters. The Morgan fingerprint density at radius 1 is 1.21 bits per heavy atom. The highest BCUT2D eigenvalue weighted by Crippen LogP contribution is 2.21. The molecule has 6 nitrogen and oxygen atoms in total. The third-order valence-corrected chi connectivity index (χ3v) is 5.54. The molecule has 1 amide bonds. The number of thioether (sulfide) groups is 1. The molecule has 0 saturated carbocycles. The summed E-state index contributed by atoms with van der Waals surface area (Å²) in [6.45, 7) is 9.77. The molecule has 0 aliphatic carbocycles. The number of carbonyl (C=O) groups is 1. The second kappa shape index (κ2) is 8.22. The molecule has 3 rings (SSSR count). The van der Waals surface area contributed by atoms with Crippen LogP contribution in [-0.4, -0.2) is 26.2 Å². The Balaban J connectivity index is 1.75. The normalized spacial score (nSPS) is 12.5. The number of amides is 1. The van der Waals surface area contributed by atoms with Gasteiger partial charge in [0, 0.05) is 11.7 Å². The molecule has 7 heteroatoms. The maximum atomic E-state index is 12.8. The lowest BCUT2D eigenvalue weighted by atomic mass is 10.1. The molecule has 0 saturated heterocycles. The Morgan fingerprint density at radius 2 is 1.89 bits per heavy atom. The topological polar surface area (TPSA) is 79.8 Å². The summed E-state index contributed by atoms with van der Waals surface area (Å²) in [5.74, 6) is 0.109. The van der Waals surface area contributed by atoms with E-state index in [-0.39, 0.29) is 29.3 Å². The van der Waals surface area contributed by atoms with Crippen LogP contribution in [0.4, 0.5) is 0 Å². The minimum atomic E-state index is -0.107. The summed E-state index contributed by atoms with van der Waals surface area (Å²) >= 11 is 1.29. The number of H-pyrrole nitrogens is 1. The summed E-state index contributed by atoms with van der Waals surface area (Å²) in [5, 5.41) is 3.57. The minimum absolute atomic E-state index is 0.0509. The van der Waals surface area contributed by atoms with Gasteiger partial charge >= 0.3 is 0 Å². The molecule has 0 aliphatic heterocycles. The van der Waals surface area contributed by atoms with E-state index in [1.165, 1.54) is 17.3 Å². The van der Waals surface area contributed by atoms with Crippen molar-refractivity contribution in [3.63, 3.8) is 0 Å². The highest BCUT2D eigenvalue weighted by Gasteiger charge is 2.17. The summed E-state index contributed by atoms with van der Waals surface area (Å²) in [4.78, 5) is 33.0. The van der Waals surface area contributed by atoms with Crippen LogP contribution < -0.4 is 10.9 Å². The minimum Gasteiger partial charge on any atom is -0.353 e. The van der Waals surface area contributed by atoms with Gasteiger partial charge in [-0.05, 0) is 46.2 Å². The number of fused-ring (bicyclic) bond motifs is 1. The van der Waals surface area contributed by atoms with Crippen molar-refractivity contribution in [1.29, 1.82) is 0 Å². The van der Waals surface area contributed by atoms with Gasteiger partial charge in [0.15, 0.2) is 5.16 Å². The Hall–Kier alpha value is -2.54. The molecule has 2 N–H and O–H groups in total. The molecule has 2 heterocycles. The first-order valence-electron chi connectivity index (χ1n) is 9.37. The first kappa shape index (κ1) is 20.2. The molecule has 3 aromatic rings. The maximum Gasteiger partial charge on any atom is 0.278 e. The van der Waals surface area contributed by atoms with E-state index < -0.39 is 0 Å². The fraction of sp³-hybridized carbons (Fsp3) is 0.381. The van der Waals surface area contributed by atoms with Crippen molar-refractivity contribution in [3.8, 4) is 0 Å². The van der Waals surface area contributed by atoms with E-state index in [0.717, 1.165) is 11.3 Å². The first-order valence-corrected chi connectivity index (χ1v) is 10.4. The number of hydrogen-bond acceptors (Lipinski definition) is 4. The molecular formula is C21H26N4O2S. The average molecular weight is 399 g/mol. The zero-order chi connectivity index (χ0) is 20.4. The van der Waals surface area contributed by atoms with Crippen molar-refractivity contribution in [2.24, 2.45) is 0 Å². The first-order chi connectivity index (χ1) is 13.3. The van der Waals surface area contributed by atoms with E-state index in [1.807, 2.05) is 65.0 Å². The molecule has 2 aromatic heterocycles. The van der Waals surface area contributed by atoms with Gasteiger partial charge in [-0.2, -0.15) is 0 Å². The van der Waals surface area contributed by atoms with Crippen molar-refractivity contribution in [3.05, 3.63) is 57.5 Å². The maximum absolute atomic E-state index is 12.8. The fourth-order valence-electron chi connectivity index (χ4n) is 3.10. The lowest BCUT2D eigenvalue weighted by Gasteiger charge is -2.16. The van der Waals surface area contributed by atoms with Gasteiger partial charge < -0.3 is 10.3 Å². The van der Waals surface area contributed by atoms with Crippen LogP contribution >= 0.6 is 11.8 Å². The fourth-order valence-corrected chi connectivity index (χ4v) is 4.04. The van der Waals surface area contributed by atoms with Crippen LogP contribution in [0, 0.1) is 13.8 Å². The molecular weight excluding hydrogens is 372 g/mol. The van der Waals surface area contributed by atoms with Crippen LogP contribution in [0.25, 0.3) is 11.0 Å². The Bertz CT molecular complexity index is 1050. The Labute approximate surface area is 168 Å². The van der Waals surface area contributed by atoms with Gasteiger partial charge in [0.1, 0.15) is 5.52 Å². The number of aromatic amines is 1. The standard InChI is InChI=1S/C21H26N4O2S/c1-12(2)25-20(27)19-17(10-14(4)22-19)24-21(25)28-11-18(26)23-15(5)16-8-6-13(3)7-9-16/h6-10,12,15,22H,11H2,1-5H3,(H,23,26)/t15-/m1/s1. The predicted molar refractivity (Wildman–Crippen MR) is 114 cm³/mol. The van der Waals surface area contributed by atoms with Gasteiger partial charge in [-0.25, -0.2) is 4.98 Å². The van der Waals surface area contributed by atoms with E-state index in [4.69, 9.17) is 0 Å². The Morgan fingerprint density at radius 3 is 2.54 bits per heavy atom. The average Bonchev–Trinajstić information content (AvgIpc) is 3.00. The monoisotopic (exact) mass is 398 g/mol. The van der Waals surface area contributed by atoms with Gasteiger partial charge in [-0.15, -0.1) is 0 Å². The second-order valence-corrected chi connectivity index (χ2v) is 8.31. The molecule has 1 aromatic carbocycles. The number of nitrogens with zero attached hydrogens (tertiary/aromatic N) is 2. The number of aromatic nitrogens is 3. The molecule has 28 heavy (non-hydrogen) atoms. The van der Waals surface area contributed by atoms with Crippen LogP contribution in [-0.2, 0) is 4.79 Å². The molecule has 0 radical (unpaired) electrons. The zero-order valence-corrected chi connectivity index (χ0v) is 17.7. The third-order valence-electron chi connectivity index (χ3n) is 4.59. The van der Waals surface area contributed by atoms with E-state index in [1.54, 1.807) is 4.57 Å². The lowest BCUT2D eigenvalue weighted by Crippen LogP contribution is -2.29. The van der Waals surface area contributed by atoms with Crippen molar-refractivity contribution in [2.45, 2.75) is 51.9 Å². The van der Waals surface area contributed by atoms with Crippen molar-refractivity contribution in [1.82, 2.24) is 19.9 Å². The van der Waals surface area contributed by atoms with Crippen LogP contribution in [0.2, 0.25) is 0 Å². The summed E-state index contributed by atoms with van der Waals surface area (Å²) in [6, 6.07) is 9.83. The van der Waals surface area contributed by atoms with Crippen molar-refractivity contribution < 1.29 is 4.79 Å². The predicted octanol–water partition coefficient (Wildman–Crippen LogP) is 3.89. The van der Waals surface area contributed by atoms with Crippen LogP contribution in [0.15, 0.2) is 40.3 Å². The number of rotatable bonds is 6. The van der Waals surface area contributed by atoms with E-state index in [0.29, 0.717) is 16.2 Å². The van der Waals surface area contributed by atoms with Gasteiger partial charge in [-0.1, -0.05) is 41.6 Å².